The van der Waals surface area contributed by atoms with E-state index in [1.54, 1.807) is 0 Å². The summed E-state index contributed by atoms with van der Waals surface area (Å²) >= 11 is 0. The fraction of sp³-hybridized carbons (Fsp3) is 0.500. The van der Waals surface area contributed by atoms with Gasteiger partial charge in [0.2, 0.25) is 0 Å². The van der Waals surface area contributed by atoms with Crippen LogP contribution in [0, 0.1) is 0 Å². The number of rotatable bonds is 5. The maximum absolute atomic E-state index is 5.87. The van der Waals surface area contributed by atoms with Gasteiger partial charge in [-0.15, -0.1) is 0 Å². The summed E-state index contributed by atoms with van der Waals surface area (Å²) in [7, 11) is 2.02. The quantitative estimate of drug-likeness (QED) is 0.753. The first kappa shape index (κ1) is 11.9. The average molecular weight is 208 g/mol. The van der Waals surface area contributed by atoms with Crippen molar-refractivity contribution in [1.82, 2.24) is 0 Å². The van der Waals surface area contributed by atoms with E-state index >= 15 is 0 Å². The molecule has 0 radical (unpaired) electrons. The molecule has 0 fully saturated rings. The maximum Gasteiger partial charge on any atom is 0.0644 e. The first-order chi connectivity index (χ1) is 7.11. The number of nitrogens with zero attached hydrogens (tertiary/aromatic N) is 1. The molecule has 3 heteroatoms. The van der Waals surface area contributed by atoms with E-state index in [1.807, 2.05) is 45.2 Å². The summed E-state index contributed by atoms with van der Waals surface area (Å²) in [5, 5.41) is 0. The van der Waals surface area contributed by atoms with Crippen molar-refractivity contribution in [3.63, 3.8) is 0 Å². The van der Waals surface area contributed by atoms with E-state index in [2.05, 4.69) is 4.90 Å². The number of hydrogen-bond acceptors (Lipinski definition) is 3. The van der Waals surface area contributed by atoms with E-state index in [-0.39, 0.29) is 6.10 Å². The number of benzene rings is 1. The van der Waals surface area contributed by atoms with Gasteiger partial charge in [-0.2, -0.15) is 0 Å². The first-order valence-electron chi connectivity index (χ1n) is 5.28. The van der Waals surface area contributed by atoms with Gasteiger partial charge in [-0.3, -0.25) is 0 Å². The van der Waals surface area contributed by atoms with Gasteiger partial charge in [0.05, 0.1) is 24.1 Å². The summed E-state index contributed by atoms with van der Waals surface area (Å²) in [6.07, 6.45) is 0.284. The molecule has 0 aliphatic heterocycles. The Morgan fingerprint density at radius 3 is 2.60 bits per heavy atom. The van der Waals surface area contributed by atoms with Gasteiger partial charge >= 0.3 is 0 Å². The third-order valence-electron chi connectivity index (χ3n) is 2.23. The summed E-state index contributed by atoms with van der Waals surface area (Å²) < 4.78 is 5.49. The van der Waals surface area contributed by atoms with Gasteiger partial charge in [-0.1, -0.05) is 12.1 Å². The van der Waals surface area contributed by atoms with Crippen LogP contribution >= 0.6 is 0 Å². The number of hydrogen-bond donors (Lipinski definition) is 1. The third kappa shape index (κ3) is 3.80. The lowest BCUT2D eigenvalue weighted by Crippen LogP contribution is -2.24. The maximum atomic E-state index is 5.87. The van der Waals surface area contributed by atoms with E-state index in [9.17, 15) is 0 Å². The molecule has 3 nitrogen and oxygen atoms in total. The van der Waals surface area contributed by atoms with Crippen molar-refractivity contribution in [2.24, 2.45) is 0 Å². The smallest absolute Gasteiger partial charge is 0.0644 e. The van der Waals surface area contributed by atoms with Crippen LogP contribution in [0.15, 0.2) is 24.3 Å². The highest BCUT2D eigenvalue weighted by Gasteiger charge is 2.04. The molecule has 0 bridgehead atoms. The molecule has 15 heavy (non-hydrogen) atoms. The number of para-hydroxylation sites is 2. The number of nitrogen functional groups attached to an aromatic ring is 1. The molecular weight excluding hydrogens is 188 g/mol. The van der Waals surface area contributed by atoms with Crippen molar-refractivity contribution in [3.8, 4) is 0 Å². The van der Waals surface area contributed by atoms with Crippen LogP contribution < -0.4 is 10.6 Å². The molecule has 0 unspecified atom stereocenters. The van der Waals surface area contributed by atoms with Crippen LogP contribution in [0.25, 0.3) is 0 Å². The number of nitrogens with two attached hydrogens (primary N) is 1. The minimum atomic E-state index is 0.284. The van der Waals surface area contributed by atoms with E-state index in [0.29, 0.717) is 0 Å². The molecule has 0 saturated heterocycles. The Balaban J connectivity index is 2.47. The predicted octanol–water partition coefficient (Wildman–Crippen LogP) is 2.13. The molecule has 0 aromatic heterocycles. The second-order valence-electron chi connectivity index (χ2n) is 3.90. The highest BCUT2D eigenvalue weighted by Crippen LogP contribution is 2.20. The van der Waals surface area contributed by atoms with E-state index < -0.39 is 0 Å². The van der Waals surface area contributed by atoms with Crippen LogP contribution in [0.2, 0.25) is 0 Å². The van der Waals surface area contributed by atoms with Crippen molar-refractivity contribution in [2.75, 3.05) is 30.8 Å². The summed E-state index contributed by atoms with van der Waals surface area (Å²) in [5.74, 6) is 0. The zero-order chi connectivity index (χ0) is 11.3. The SMILES string of the molecule is CC(C)OCCN(C)c1ccccc1N. The van der Waals surface area contributed by atoms with Gasteiger partial charge in [-0.05, 0) is 26.0 Å². The predicted molar refractivity (Wildman–Crippen MR) is 65.2 cm³/mol. The van der Waals surface area contributed by atoms with E-state index in [0.717, 1.165) is 24.5 Å². The van der Waals surface area contributed by atoms with Gasteiger partial charge in [0.15, 0.2) is 0 Å². The molecule has 0 aliphatic carbocycles. The molecule has 1 aromatic rings. The van der Waals surface area contributed by atoms with Gasteiger partial charge in [-0.25, -0.2) is 0 Å². The lowest BCUT2D eigenvalue weighted by atomic mass is 10.2. The zero-order valence-electron chi connectivity index (χ0n) is 9.73. The molecule has 0 heterocycles. The fourth-order valence-electron chi connectivity index (χ4n) is 1.38. The first-order valence-corrected chi connectivity index (χ1v) is 5.28. The third-order valence-corrected chi connectivity index (χ3v) is 2.23. The Labute approximate surface area is 91.8 Å². The topological polar surface area (TPSA) is 38.5 Å². The Hall–Kier alpha value is -1.22. The second-order valence-corrected chi connectivity index (χ2v) is 3.90. The van der Waals surface area contributed by atoms with Crippen LogP contribution in [0.4, 0.5) is 11.4 Å². The summed E-state index contributed by atoms with van der Waals surface area (Å²) in [6.45, 7) is 5.66. The Kier molecular flexibility index (Phi) is 4.43. The number of likely N-dealkylation sites (N-methyl/N-ethyl adjacent to an activating group) is 1. The van der Waals surface area contributed by atoms with Crippen molar-refractivity contribution in [1.29, 1.82) is 0 Å². The van der Waals surface area contributed by atoms with Crippen LogP contribution in [-0.2, 0) is 4.74 Å². The normalized spacial score (nSPS) is 10.7. The second kappa shape index (κ2) is 5.61. The molecule has 84 valence electrons. The number of anilines is 2. The van der Waals surface area contributed by atoms with Gasteiger partial charge in [0.25, 0.3) is 0 Å². The fourth-order valence-corrected chi connectivity index (χ4v) is 1.38. The highest BCUT2D eigenvalue weighted by molar-refractivity contribution is 5.66. The molecule has 0 spiro atoms. The average Bonchev–Trinajstić information content (AvgIpc) is 2.17. The van der Waals surface area contributed by atoms with Crippen LogP contribution in [0.5, 0.6) is 0 Å². The summed E-state index contributed by atoms with van der Waals surface area (Å²) in [6, 6.07) is 7.86. The van der Waals surface area contributed by atoms with Crippen molar-refractivity contribution >= 4 is 11.4 Å². The number of ether oxygens (including phenoxy) is 1. The van der Waals surface area contributed by atoms with E-state index in [1.165, 1.54) is 0 Å². The lowest BCUT2D eigenvalue weighted by molar-refractivity contribution is 0.0846. The Morgan fingerprint density at radius 1 is 1.33 bits per heavy atom. The van der Waals surface area contributed by atoms with Gasteiger partial charge in [0, 0.05) is 13.6 Å². The molecule has 1 rings (SSSR count). The molecule has 0 atom stereocenters. The summed E-state index contributed by atoms with van der Waals surface area (Å²) in [4.78, 5) is 2.11. The minimum absolute atomic E-state index is 0.284. The molecule has 0 aliphatic rings. The van der Waals surface area contributed by atoms with Gasteiger partial charge < -0.3 is 15.4 Å². The van der Waals surface area contributed by atoms with Crippen LogP contribution in [0.3, 0.4) is 0 Å². The van der Waals surface area contributed by atoms with Crippen molar-refractivity contribution in [3.05, 3.63) is 24.3 Å². The van der Waals surface area contributed by atoms with E-state index in [4.69, 9.17) is 10.5 Å². The van der Waals surface area contributed by atoms with Crippen molar-refractivity contribution < 1.29 is 4.74 Å². The van der Waals surface area contributed by atoms with Crippen LogP contribution in [0.1, 0.15) is 13.8 Å². The van der Waals surface area contributed by atoms with Crippen LogP contribution in [-0.4, -0.2) is 26.3 Å². The largest absolute Gasteiger partial charge is 0.397 e. The zero-order valence-corrected chi connectivity index (χ0v) is 9.73. The summed E-state index contributed by atoms with van der Waals surface area (Å²) in [5.41, 5.74) is 7.74. The molecular formula is C12H20N2O. The Bertz CT molecular complexity index is 299. The monoisotopic (exact) mass is 208 g/mol. The molecule has 1 aromatic carbocycles. The minimum Gasteiger partial charge on any atom is -0.397 e. The lowest BCUT2D eigenvalue weighted by Gasteiger charge is -2.21. The van der Waals surface area contributed by atoms with Crippen molar-refractivity contribution in [2.45, 2.75) is 20.0 Å². The molecule has 2 N–H and O–H groups in total. The van der Waals surface area contributed by atoms with Gasteiger partial charge in [0.1, 0.15) is 0 Å². The molecule has 0 amide bonds. The highest BCUT2D eigenvalue weighted by atomic mass is 16.5. The standard InChI is InChI=1S/C12H20N2O/c1-10(2)15-9-8-14(3)12-7-5-4-6-11(12)13/h4-7,10H,8-9,13H2,1-3H3. The Morgan fingerprint density at radius 2 is 2.00 bits per heavy atom. The molecule has 0 saturated carbocycles.